The number of anilines is 1. The molecule has 2 rings (SSSR count). The summed E-state index contributed by atoms with van der Waals surface area (Å²) in [6.07, 6.45) is 1.00. The zero-order valence-electron chi connectivity index (χ0n) is 12.2. The van der Waals surface area contributed by atoms with Gasteiger partial charge in [-0.05, 0) is 44.2 Å². The quantitative estimate of drug-likeness (QED) is 0.885. The van der Waals surface area contributed by atoms with Crippen LogP contribution in [-0.4, -0.2) is 32.1 Å². The summed E-state index contributed by atoms with van der Waals surface area (Å²) in [4.78, 5) is 13.5. The molecule has 4 nitrogen and oxygen atoms in total. The second-order valence-electron chi connectivity index (χ2n) is 5.35. The van der Waals surface area contributed by atoms with Crippen LogP contribution in [0.1, 0.15) is 31.9 Å². The van der Waals surface area contributed by atoms with Crippen molar-refractivity contribution in [3.05, 3.63) is 28.2 Å². The van der Waals surface area contributed by atoms with E-state index in [1.165, 1.54) is 11.3 Å². The van der Waals surface area contributed by atoms with Crippen LogP contribution in [0.25, 0.3) is 0 Å². The Labute approximate surface area is 129 Å². The molecule has 0 aliphatic carbocycles. The summed E-state index contributed by atoms with van der Waals surface area (Å²) in [6, 6.07) is 6.95. The lowest BCUT2D eigenvalue weighted by molar-refractivity contribution is -0.119. The molecule has 1 amide bonds. The second kappa shape index (κ2) is 6.59. The first-order chi connectivity index (χ1) is 9.51. The lowest BCUT2D eigenvalue weighted by atomic mass is 10.1. The molecule has 0 saturated carbocycles. The number of carbonyl (C=O) groups excluding carboxylic acids is 1. The maximum Gasteiger partial charge on any atom is 0.217 e. The van der Waals surface area contributed by atoms with Gasteiger partial charge in [-0.25, -0.2) is 0 Å². The Kier molecular flexibility index (Phi) is 5.05. The molecule has 20 heavy (non-hydrogen) atoms. The number of nitrogens with zero attached hydrogens (tertiary/aromatic N) is 1. The van der Waals surface area contributed by atoms with Gasteiger partial charge in [-0.2, -0.15) is 0 Å². The first kappa shape index (κ1) is 15.3. The minimum absolute atomic E-state index is 0.0523. The highest BCUT2D eigenvalue weighted by molar-refractivity contribution is 9.10. The fourth-order valence-corrected chi connectivity index (χ4v) is 3.08. The molecule has 1 aromatic rings. The van der Waals surface area contributed by atoms with Gasteiger partial charge in [0.1, 0.15) is 0 Å². The van der Waals surface area contributed by atoms with Crippen LogP contribution in [0.2, 0.25) is 0 Å². The monoisotopic (exact) mass is 339 g/mol. The van der Waals surface area contributed by atoms with Crippen LogP contribution in [-0.2, 0) is 4.79 Å². The number of halogens is 1. The molecular formula is C15H22BrN3O. The van der Waals surface area contributed by atoms with Crippen molar-refractivity contribution in [1.29, 1.82) is 0 Å². The summed E-state index contributed by atoms with van der Waals surface area (Å²) in [7, 11) is 1.97. The maximum atomic E-state index is 11.2. The first-order valence-corrected chi connectivity index (χ1v) is 7.79. The summed E-state index contributed by atoms with van der Waals surface area (Å²) in [6.45, 7) is 5.60. The molecule has 0 spiro atoms. The van der Waals surface area contributed by atoms with Gasteiger partial charge in [0.25, 0.3) is 0 Å². The number of amides is 1. The number of nitrogens with one attached hydrogen (secondary N) is 2. The van der Waals surface area contributed by atoms with Crippen molar-refractivity contribution in [2.45, 2.75) is 32.4 Å². The molecule has 2 N–H and O–H groups in total. The van der Waals surface area contributed by atoms with E-state index in [1.54, 1.807) is 6.92 Å². The van der Waals surface area contributed by atoms with Crippen molar-refractivity contribution in [3.8, 4) is 0 Å². The molecule has 2 atom stereocenters. The van der Waals surface area contributed by atoms with Crippen LogP contribution < -0.4 is 15.5 Å². The Balaban J connectivity index is 2.19. The van der Waals surface area contributed by atoms with Crippen molar-refractivity contribution in [2.24, 2.45) is 0 Å². The van der Waals surface area contributed by atoms with E-state index in [2.05, 4.69) is 56.6 Å². The second-order valence-corrected chi connectivity index (χ2v) is 6.26. The van der Waals surface area contributed by atoms with E-state index in [1.807, 2.05) is 7.05 Å². The zero-order chi connectivity index (χ0) is 14.7. The number of carbonyl (C=O) groups is 1. The molecule has 1 saturated heterocycles. The van der Waals surface area contributed by atoms with Gasteiger partial charge < -0.3 is 15.5 Å². The third-order valence-corrected chi connectivity index (χ3v) is 4.32. The maximum absolute atomic E-state index is 11.2. The summed E-state index contributed by atoms with van der Waals surface area (Å²) < 4.78 is 1.09. The molecule has 1 aliphatic rings. The fourth-order valence-electron chi connectivity index (χ4n) is 2.70. The van der Waals surface area contributed by atoms with Crippen LogP contribution in [0, 0.1) is 0 Å². The highest BCUT2D eigenvalue weighted by atomic mass is 79.9. The molecule has 5 heteroatoms. The summed E-state index contributed by atoms with van der Waals surface area (Å²) in [5.41, 5.74) is 2.54. The van der Waals surface area contributed by atoms with Gasteiger partial charge in [0.15, 0.2) is 0 Å². The number of hydrogen-bond donors (Lipinski definition) is 2. The standard InChI is InChI=1S/C15H22BrN3O/c1-10(17-3)14-8-12(16)4-5-15(14)19-7-6-13(9-19)18-11(2)20/h4-5,8,10,13,17H,6-7,9H2,1-3H3,(H,18,20). The molecule has 1 aromatic carbocycles. The normalized spacial score (nSPS) is 20.0. The van der Waals surface area contributed by atoms with Crippen LogP contribution >= 0.6 is 15.9 Å². The molecule has 0 radical (unpaired) electrons. The average molecular weight is 340 g/mol. The van der Waals surface area contributed by atoms with E-state index in [0.717, 1.165) is 24.0 Å². The van der Waals surface area contributed by atoms with Crippen LogP contribution in [0.3, 0.4) is 0 Å². The first-order valence-electron chi connectivity index (χ1n) is 7.00. The van der Waals surface area contributed by atoms with Crippen molar-refractivity contribution in [2.75, 3.05) is 25.0 Å². The van der Waals surface area contributed by atoms with Gasteiger partial charge in [-0.1, -0.05) is 15.9 Å². The minimum atomic E-state index is 0.0523. The summed E-state index contributed by atoms with van der Waals surface area (Å²) in [5, 5.41) is 6.31. The number of rotatable bonds is 4. The SMILES string of the molecule is CNC(C)c1cc(Br)ccc1N1CCC(NC(C)=O)C1. The van der Waals surface area contributed by atoms with Crippen molar-refractivity contribution in [3.63, 3.8) is 0 Å². The third-order valence-electron chi connectivity index (χ3n) is 3.83. The molecule has 0 aromatic heterocycles. The van der Waals surface area contributed by atoms with Gasteiger partial charge in [0, 0.05) is 42.3 Å². The van der Waals surface area contributed by atoms with Crippen LogP contribution in [0.5, 0.6) is 0 Å². The Bertz CT molecular complexity index is 492. The number of hydrogen-bond acceptors (Lipinski definition) is 3. The molecule has 1 aliphatic heterocycles. The van der Waals surface area contributed by atoms with E-state index in [0.29, 0.717) is 6.04 Å². The van der Waals surface area contributed by atoms with Crippen molar-refractivity contribution >= 4 is 27.5 Å². The van der Waals surface area contributed by atoms with Crippen LogP contribution in [0.15, 0.2) is 22.7 Å². The highest BCUT2D eigenvalue weighted by Gasteiger charge is 2.25. The summed E-state index contributed by atoms with van der Waals surface area (Å²) >= 11 is 3.54. The molecular weight excluding hydrogens is 318 g/mol. The number of benzene rings is 1. The Morgan fingerprint density at radius 1 is 1.50 bits per heavy atom. The van der Waals surface area contributed by atoms with E-state index in [9.17, 15) is 4.79 Å². The van der Waals surface area contributed by atoms with Gasteiger partial charge in [0.2, 0.25) is 5.91 Å². The smallest absolute Gasteiger partial charge is 0.217 e. The third kappa shape index (κ3) is 3.52. The van der Waals surface area contributed by atoms with Gasteiger partial charge in [-0.3, -0.25) is 4.79 Å². The zero-order valence-corrected chi connectivity index (χ0v) is 13.8. The predicted octanol–water partition coefficient (Wildman–Crippen LogP) is 2.44. The molecule has 1 heterocycles. The largest absolute Gasteiger partial charge is 0.369 e. The van der Waals surface area contributed by atoms with E-state index in [4.69, 9.17) is 0 Å². The lowest BCUT2D eigenvalue weighted by Crippen LogP contribution is -2.35. The molecule has 1 fully saturated rings. The lowest BCUT2D eigenvalue weighted by Gasteiger charge is -2.25. The predicted molar refractivity (Wildman–Crippen MR) is 86.1 cm³/mol. The van der Waals surface area contributed by atoms with Gasteiger partial charge in [0.05, 0.1) is 0 Å². The topological polar surface area (TPSA) is 44.4 Å². The van der Waals surface area contributed by atoms with Crippen molar-refractivity contribution < 1.29 is 4.79 Å². The Morgan fingerprint density at radius 3 is 2.90 bits per heavy atom. The van der Waals surface area contributed by atoms with Crippen LogP contribution in [0.4, 0.5) is 5.69 Å². The average Bonchev–Trinajstić information content (AvgIpc) is 2.85. The van der Waals surface area contributed by atoms with Gasteiger partial charge >= 0.3 is 0 Å². The van der Waals surface area contributed by atoms with E-state index in [-0.39, 0.29) is 11.9 Å². The molecule has 0 bridgehead atoms. The minimum Gasteiger partial charge on any atom is -0.369 e. The Hall–Kier alpha value is -1.07. The summed E-state index contributed by atoms with van der Waals surface area (Å²) in [5.74, 6) is 0.0523. The molecule has 2 unspecified atom stereocenters. The Morgan fingerprint density at radius 2 is 2.25 bits per heavy atom. The highest BCUT2D eigenvalue weighted by Crippen LogP contribution is 2.31. The van der Waals surface area contributed by atoms with E-state index >= 15 is 0 Å². The van der Waals surface area contributed by atoms with Gasteiger partial charge in [-0.15, -0.1) is 0 Å². The molecule has 110 valence electrons. The fraction of sp³-hybridized carbons (Fsp3) is 0.533. The van der Waals surface area contributed by atoms with Crippen molar-refractivity contribution in [1.82, 2.24) is 10.6 Å². The van der Waals surface area contributed by atoms with E-state index < -0.39 is 0 Å².